The molecule has 7 amide bonds. The number of benzene rings is 2. The number of unbranched alkanes of at least 4 members (excludes halogenated alkanes) is 4. The molecule has 1 aliphatic heterocycles. The number of rotatable bonds is 32. The Morgan fingerprint density at radius 1 is 0.892 bits per heavy atom. The number of imide groups is 1. The van der Waals surface area contributed by atoms with Crippen molar-refractivity contribution in [3.05, 3.63) is 59.9 Å². The molecule has 9 N–H and O–H groups in total. The fourth-order valence-corrected chi connectivity index (χ4v) is 10.2. The molecule has 1 aliphatic rings. The first-order valence-electron chi connectivity index (χ1n) is 25.8. The summed E-state index contributed by atoms with van der Waals surface area (Å²) in [6.07, 6.45) is 6.01. The number of alkyl carbamates (subject to hydrolysis) is 1. The molecule has 3 heterocycles. The molecule has 4 unspecified atom stereocenters. The molecule has 4 aromatic rings. The van der Waals surface area contributed by atoms with Crippen LogP contribution in [0.25, 0.3) is 21.9 Å². The molecule has 4 atom stereocenters. The number of hydrogen-bond acceptors (Lipinski definition) is 14. The number of amides is 7. The first kappa shape index (κ1) is 58.3. The number of likely N-dealkylation sites (N-methyl/N-ethyl adjacent to an activating group) is 1. The molecule has 402 valence electrons. The normalized spacial score (nSPS) is 14.8. The number of aryl methyl sites for hydroxylation is 2. The summed E-state index contributed by atoms with van der Waals surface area (Å²) in [4.78, 5) is 113. The molecule has 74 heavy (non-hydrogen) atoms. The Hall–Kier alpha value is -6.61. The van der Waals surface area contributed by atoms with E-state index in [2.05, 4.69) is 43.1 Å². The lowest BCUT2D eigenvalue weighted by Crippen LogP contribution is -2.45. The molecular formula is C53H75N11O9S. The number of primary amides is 1. The molecule has 1 fully saturated rings. The van der Waals surface area contributed by atoms with Crippen molar-refractivity contribution in [2.24, 2.45) is 17.6 Å². The van der Waals surface area contributed by atoms with Crippen LogP contribution < -0.4 is 38.1 Å². The van der Waals surface area contributed by atoms with Gasteiger partial charge in [-0.2, -0.15) is 0 Å². The Bertz CT molecular complexity index is 2590. The Balaban J connectivity index is 1.05. The van der Waals surface area contributed by atoms with E-state index in [1.165, 1.54) is 23.6 Å². The Morgan fingerprint density at radius 2 is 1.62 bits per heavy atom. The minimum Gasteiger partial charge on any atom is -0.445 e. The van der Waals surface area contributed by atoms with Crippen molar-refractivity contribution < 1.29 is 43.1 Å². The van der Waals surface area contributed by atoms with Gasteiger partial charge in [-0.1, -0.05) is 63.9 Å². The highest BCUT2D eigenvalue weighted by molar-refractivity contribution is 8.00. The molecule has 2 aromatic carbocycles. The van der Waals surface area contributed by atoms with Gasteiger partial charge in [0.1, 0.15) is 23.7 Å². The molecular weight excluding hydrogens is 967 g/mol. The number of likely N-dealkylation sites (tertiary alicyclic amines) is 1. The number of Topliss-reactive ketones (excluding diaryl/α,β-unsaturated/α-hetero) is 2. The standard InChI is InChI=1S/C53H75N11O9S/c1-6-7-19-43-61-47-48(38-17-10-11-18-39(38)60-49(47)54)63(43)27-14-12-25-58-53(72)73-31-35-21-23-37(24-22-35)59-50(69)36(16-15-26-57-52(55)71)29-41(66)46(33(2)3)62-44(67)20-9-8-13-28-64-45(68)30-42(51(64)70)74-32-40(56-5)34(4)65/h10-11,17-18,21-24,33,36,40,42,46,56H,6-9,12-16,19-20,25-32H2,1-5H3,(H2,54,60)(H,58,72)(H,59,69)(H,62,67)(H3,55,57,71). The number of imidazole rings is 1. The second-order valence-electron chi connectivity index (χ2n) is 19.2. The fraction of sp³-hybridized carbons (Fsp3) is 0.547. The molecule has 0 bridgehead atoms. The number of ether oxygens (including phenoxy) is 1. The lowest BCUT2D eigenvalue weighted by molar-refractivity contribution is -0.138. The number of thioether (sulfide) groups is 1. The van der Waals surface area contributed by atoms with E-state index >= 15 is 0 Å². The van der Waals surface area contributed by atoms with Crippen molar-refractivity contribution in [3.8, 4) is 0 Å². The van der Waals surface area contributed by atoms with Crippen LogP contribution in [0.5, 0.6) is 0 Å². The topological polar surface area (TPSA) is 292 Å². The maximum atomic E-state index is 13.8. The number of para-hydroxylation sites is 1. The lowest BCUT2D eigenvalue weighted by atomic mass is 9.89. The molecule has 0 spiro atoms. The van der Waals surface area contributed by atoms with Crippen molar-refractivity contribution >= 4 is 92.5 Å². The first-order valence-corrected chi connectivity index (χ1v) is 26.9. The number of ketones is 2. The number of anilines is 2. The van der Waals surface area contributed by atoms with Crippen molar-refractivity contribution in [2.45, 2.75) is 142 Å². The van der Waals surface area contributed by atoms with Crippen LogP contribution >= 0.6 is 11.8 Å². The van der Waals surface area contributed by atoms with E-state index < -0.39 is 41.3 Å². The van der Waals surface area contributed by atoms with Crippen LogP contribution in [0.2, 0.25) is 0 Å². The van der Waals surface area contributed by atoms with Crippen LogP contribution in [0.3, 0.4) is 0 Å². The van der Waals surface area contributed by atoms with Crippen molar-refractivity contribution in [1.29, 1.82) is 0 Å². The zero-order valence-corrected chi connectivity index (χ0v) is 44.3. The molecule has 0 radical (unpaired) electrons. The van der Waals surface area contributed by atoms with Crippen LogP contribution in [-0.4, -0.2) is 117 Å². The van der Waals surface area contributed by atoms with Gasteiger partial charge in [0, 0.05) is 74.6 Å². The number of nitrogens with two attached hydrogens (primary N) is 2. The summed E-state index contributed by atoms with van der Waals surface area (Å²) in [5.41, 5.74) is 15.3. The third kappa shape index (κ3) is 17.2. The maximum absolute atomic E-state index is 13.8. The number of aromatic nitrogens is 3. The number of pyridine rings is 1. The third-order valence-electron chi connectivity index (χ3n) is 13.1. The minimum atomic E-state index is -0.858. The van der Waals surface area contributed by atoms with E-state index in [9.17, 15) is 38.4 Å². The summed E-state index contributed by atoms with van der Waals surface area (Å²) in [6.45, 7) is 8.80. The van der Waals surface area contributed by atoms with E-state index in [0.29, 0.717) is 73.5 Å². The number of nitrogen functional groups attached to an aromatic ring is 1. The van der Waals surface area contributed by atoms with Gasteiger partial charge in [0.2, 0.25) is 23.6 Å². The van der Waals surface area contributed by atoms with E-state index in [-0.39, 0.29) is 80.6 Å². The number of carbonyl (C=O) groups is 8. The largest absolute Gasteiger partial charge is 0.445 e. The highest BCUT2D eigenvalue weighted by Gasteiger charge is 2.39. The second kappa shape index (κ2) is 29.3. The minimum absolute atomic E-state index is 0.000266. The molecule has 2 aromatic heterocycles. The summed E-state index contributed by atoms with van der Waals surface area (Å²) >= 11 is 1.30. The monoisotopic (exact) mass is 1040 g/mol. The number of carbonyl (C=O) groups excluding carboxylic acids is 8. The van der Waals surface area contributed by atoms with Gasteiger partial charge in [0.05, 0.1) is 28.4 Å². The Morgan fingerprint density at radius 3 is 2.32 bits per heavy atom. The zero-order chi connectivity index (χ0) is 53.7. The van der Waals surface area contributed by atoms with Gasteiger partial charge in [-0.25, -0.2) is 19.6 Å². The lowest BCUT2D eigenvalue weighted by Gasteiger charge is -2.24. The van der Waals surface area contributed by atoms with Gasteiger partial charge in [-0.05, 0) is 88.6 Å². The van der Waals surface area contributed by atoms with Crippen LogP contribution in [0.1, 0.15) is 116 Å². The van der Waals surface area contributed by atoms with Crippen molar-refractivity contribution in [1.82, 2.24) is 40.7 Å². The second-order valence-corrected chi connectivity index (χ2v) is 20.4. The van der Waals surface area contributed by atoms with Gasteiger partial charge in [-0.3, -0.25) is 33.7 Å². The Labute approximate surface area is 437 Å². The summed E-state index contributed by atoms with van der Waals surface area (Å²) < 4.78 is 7.71. The Kier molecular flexibility index (Phi) is 23.1. The maximum Gasteiger partial charge on any atom is 0.407 e. The average molecular weight is 1040 g/mol. The molecule has 5 rings (SSSR count). The zero-order valence-electron chi connectivity index (χ0n) is 43.5. The summed E-state index contributed by atoms with van der Waals surface area (Å²) in [7, 11) is 1.68. The van der Waals surface area contributed by atoms with E-state index in [4.69, 9.17) is 21.2 Å². The number of fused-ring (bicyclic) bond motifs is 3. The van der Waals surface area contributed by atoms with Crippen LogP contribution in [0.4, 0.5) is 21.1 Å². The number of nitrogens with one attached hydrogen (secondary N) is 5. The average Bonchev–Trinajstić information content (AvgIpc) is 3.87. The van der Waals surface area contributed by atoms with Gasteiger partial charge >= 0.3 is 12.1 Å². The summed E-state index contributed by atoms with van der Waals surface area (Å²) in [6, 6.07) is 12.8. The molecule has 0 aliphatic carbocycles. The van der Waals surface area contributed by atoms with E-state index in [1.807, 2.05) is 38.1 Å². The molecule has 1 saturated heterocycles. The predicted molar refractivity (Wildman–Crippen MR) is 287 cm³/mol. The van der Waals surface area contributed by atoms with Crippen LogP contribution in [0.15, 0.2) is 48.5 Å². The van der Waals surface area contributed by atoms with Gasteiger partial charge in [0.15, 0.2) is 11.6 Å². The number of nitrogens with zero attached hydrogens (tertiary/aromatic N) is 4. The van der Waals surface area contributed by atoms with Gasteiger partial charge in [-0.15, -0.1) is 11.8 Å². The summed E-state index contributed by atoms with van der Waals surface area (Å²) in [5, 5.41) is 14.5. The number of hydrogen-bond donors (Lipinski definition) is 7. The quantitative estimate of drug-likeness (QED) is 0.0221. The van der Waals surface area contributed by atoms with Crippen LogP contribution in [0, 0.1) is 11.8 Å². The number of urea groups is 1. The molecule has 0 saturated carbocycles. The van der Waals surface area contributed by atoms with E-state index in [0.717, 1.165) is 47.9 Å². The summed E-state index contributed by atoms with van der Waals surface area (Å²) in [5.74, 6) is -0.909. The predicted octanol–water partition coefficient (Wildman–Crippen LogP) is 5.92. The van der Waals surface area contributed by atoms with Crippen molar-refractivity contribution in [3.63, 3.8) is 0 Å². The molecule has 20 nitrogen and oxygen atoms in total. The van der Waals surface area contributed by atoms with Gasteiger partial charge in [0.25, 0.3) is 0 Å². The highest BCUT2D eigenvalue weighted by atomic mass is 32.2. The smallest absolute Gasteiger partial charge is 0.407 e. The third-order valence-corrected chi connectivity index (χ3v) is 14.4. The van der Waals surface area contributed by atoms with Crippen molar-refractivity contribution in [2.75, 3.05) is 43.5 Å². The highest BCUT2D eigenvalue weighted by Crippen LogP contribution is 2.30. The van der Waals surface area contributed by atoms with E-state index in [1.54, 1.807) is 31.3 Å². The SMILES string of the molecule is CCCCc1nc2c(N)nc3ccccc3c2n1CCCCNC(=O)OCc1ccc(NC(=O)C(CCCNC(N)=O)CC(=O)C(NC(=O)CCCCCN2C(=O)CC(SCC(NC)C(C)=O)C2=O)C(C)C)cc1. The van der Waals surface area contributed by atoms with Crippen LogP contribution in [-0.2, 0) is 53.1 Å². The molecule has 21 heteroatoms. The fourth-order valence-electron chi connectivity index (χ4n) is 8.87. The van der Waals surface area contributed by atoms with Gasteiger partial charge < -0.3 is 47.4 Å². The first-order chi connectivity index (χ1) is 35.5.